The van der Waals surface area contributed by atoms with Crippen molar-refractivity contribution in [1.82, 2.24) is 9.13 Å². The zero-order valence-electron chi connectivity index (χ0n) is 15.1. The van der Waals surface area contributed by atoms with E-state index in [4.69, 9.17) is 23.2 Å². The van der Waals surface area contributed by atoms with Crippen LogP contribution in [0.5, 0.6) is 0 Å². The summed E-state index contributed by atoms with van der Waals surface area (Å²) < 4.78 is 3.82. The molecule has 0 unspecified atom stereocenters. The standard InChI is InChI=1S/C22H15Cl2IN2O2/c23-16-10-18(24)20-19(11-16)26(12-14-5-2-1-3-6-14)22(29)27(21(20)28)13-15-7-4-8-17(25)9-15/h1-11H,12-13H2. The molecule has 29 heavy (non-hydrogen) atoms. The zero-order valence-corrected chi connectivity index (χ0v) is 18.8. The molecule has 7 heteroatoms. The smallest absolute Gasteiger partial charge is 0.289 e. The van der Waals surface area contributed by atoms with E-state index in [1.54, 1.807) is 10.6 Å². The normalized spacial score (nSPS) is 11.1. The molecular weight excluding hydrogens is 522 g/mol. The zero-order chi connectivity index (χ0) is 20.5. The van der Waals surface area contributed by atoms with Crippen LogP contribution >= 0.6 is 45.8 Å². The van der Waals surface area contributed by atoms with Crippen LogP contribution in [0.1, 0.15) is 11.1 Å². The van der Waals surface area contributed by atoms with E-state index in [0.29, 0.717) is 17.1 Å². The van der Waals surface area contributed by atoms with Crippen molar-refractivity contribution >= 4 is 56.7 Å². The lowest BCUT2D eigenvalue weighted by molar-refractivity contribution is 0.635. The van der Waals surface area contributed by atoms with Gasteiger partial charge in [-0.25, -0.2) is 4.79 Å². The molecule has 146 valence electrons. The number of hydrogen-bond donors (Lipinski definition) is 0. The Kier molecular flexibility index (Phi) is 5.81. The first-order chi connectivity index (χ1) is 13.9. The van der Waals surface area contributed by atoms with Crippen molar-refractivity contribution in [2.24, 2.45) is 0 Å². The highest BCUT2D eigenvalue weighted by Gasteiger charge is 2.17. The van der Waals surface area contributed by atoms with E-state index in [0.717, 1.165) is 14.7 Å². The molecule has 1 aromatic heterocycles. The number of halogens is 3. The van der Waals surface area contributed by atoms with Crippen molar-refractivity contribution in [3.05, 3.63) is 112 Å². The van der Waals surface area contributed by atoms with Crippen molar-refractivity contribution in [3.63, 3.8) is 0 Å². The Morgan fingerprint density at radius 1 is 0.793 bits per heavy atom. The first kappa shape index (κ1) is 20.2. The molecule has 1 heterocycles. The summed E-state index contributed by atoms with van der Waals surface area (Å²) in [7, 11) is 0. The van der Waals surface area contributed by atoms with Crippen LogP contribution in [0, 0.1) is 3.57 Å². The first-order valence-electron chi connectivity index (χ1n) is 8.85. The molecule has 0 aliphatic rings. The fourth-order valence-corrected chi connectivity index (χ4v) is 4.50. The Bertz CT molecular complexity index is 1330. The number of aromatic nitrogens is 2. The average molecular weight is 537 g/mol. The van der Waals surface area contributed by atoms with Gasteiger partial charge in [0.05, 0.1) is 29.0 Å². The van der Waals surface area contributed by atoms with Crippen molar-refractivity contribution in [2.45, 2.75) is 13.1 Å². The number of nitrogens with zero attached hydrogens (tertiary/aromatic N) is 2. The van der Waals surface area contributed by atoms with Gasteiger partial charge in [0.2, 0.25) is 0 Å². The molecule has 4 rings (SSSR count). The summed E-state index contributed by atoms with van der Waals surface area (Å²) in [6.07, 6.45) is 0. The van der Waals surface area contributed by atoms with Gasteiger partial charge in [0.15, 0.2) is 0 Å². The van der Waals surface area contributed by atoms with Crippen molar-refractivity contribution in [3.8, 4) is 0 Å². The lowest BCUT2D eigenvalue weighted by Gasteiger charge is -2.15. The summed E-state index contributed by atoms with van der Waals surface area (Å²) in [6.45, 7) is 0.470. The molecule has 0 saturated heterocycles. The van der Waals surface area contributed by atoms with E-state index >= 15 is 0 Å². The third-order valence-corrected chi connectivity index (χ3v) is 5.85. The van der Waals surface area contributed by atoms with Crippen molar-refractivity contribution < 1.29 is 0 Å². The number of hydrogen-bond acceptors (Lipinski definition) is 2. The maximum atomic E-state index is 13.4. The van der Waals surface area contributed by atoms with Gasteiger partial charge in [0, 0.05) is 8.59 Å². The topological polar surface area (TPSA) is 44.0 Å². The monoisotopic (exact) mass is 536 g/mol. The minimum absolute atomic E-state index is 0.165. The maximum Gasteiger partial charge on any atom is 0.332 e. The predicted molar refractivity (Wildman–Crippen MR) is 126 cm³/mol. The van der Waals surface area contributed by atoms with E-state index in [1.807, 2.05) is 54.6 Å². The average Bonchev–Trinajstić information content (AvgIpc) is 2.69. The van der Waals surface area contributed by atoms with Gasteiger partial charge in [-0.2, -0.15) is 0 Å². The molecule has 0 atom stereocenters. The van der Waals surface area contributed by atoms with Crippen molar-refractivity contribution in [1.29, 1.82) is 0 Å². The maximum absolute atomic E-state index is 13.4. The summed E-state index contributed by atoms with van der Waals surface area (Å²) >= 11 is 14.8. The number of benzene rings is 3. The molecule has 0 saturated carbocycles. The highest BCUT2D eigenvalue weighted by atomic mass is 127. The minimum atomic E-state index is -0.421. The van der Waals surface area contributed by atoms with Gasteiger partial charge >= 0.3 is 5.69 Å². The SMILES string of the molecule is O=c1c2c(Cl)cc(Cl)cc2n(Cc2ccccc2)c(=O)n1Cc1cccc(I)c1. The van der Waals surface area contributed by atoms with Crippen LogP contribution in [0.15, 0.2) is 76.3 Å². The van der Waals surface area contributed by atoms with E-state index in [-0.39, 0.29) is 17.0 Å². The molecule has 4 nitrogen and oxygen atoms in total. The second-order valence-corrected chi connectivity index (χ2v) is 8.75. The van der Waals surface area contributed by atoms with Crippen LogP contribution in [0.2, 0.25) is 10.0 Å². The fraction of sp³-hybridized carbons (Fsp3) is 0.0909. The Balaban J connectivity index is 1.99. The van der Waals surface area contributed by atoms with Gasteiger partial charge in [-0.1, -0.05) is 65.7 Å². The highest BCUT2D eigenvalue weighted by molar-refractivity contribution is 14.1. The number of fused-ring (bicyclic) bond motifs is 1. The molecular formula is C22H15Cl2IN2O2. The van der Waals surface area contributed by atoms with E-state index in [1.165, 1.54) is 10.6 Å². The van der Waals surface area contributed by atoms with Crippen LogP contribution in [-0.2, 0) is 13.1 Å². The van der Waals surface area contributed by atoms with Crippen molar-refractivity contribution in [2.75, 3.05) is 0 Å². The molecule has 0 N–H and O–H groups in total. The highest BCUT2D eigenvalue weighted by Crippen LogP contribution is 2.25. The van der Waals surface area contributed by atoms with Gasteiger partial charge in [0.25, 0.3) is 5.56 Å². The van der Waals surface area contributed by atoms with Crippen LogP contribution in [0.4, 0.5) is 0 Å². The summed E-state index contributed by atoms with van der Waals surface area (Å²) in [5.41, 5.74) is 1.41. The summed E-state index contributed by atoms with van der Waals surface area (Å²) in [5.74, 6) is 0. The van der Waals surface area contributed by atoms with E-state index < -0.39 is 11.2 Å². The van der Waals surface area contributed by atoms with Gasteiger partial charge < -0.3 is 0 Å². The summed E-state index contributed by atoms with van der Waals surface area (Å²) in [6, 6.07) is 20.4. The predicted octanol–water partition coefficient (Wildman–Crippen LogP) is 5.17. The molecule has 0 aliphatic heterocycles. The molecule has 4 aromatic rings. The van der Waals surface area contributed by atoms with Gasteiger partial charge in [-0.3, -0.25) is 13.9 Å². The van der Waals surface area contributed by atoms with Gasteiger partial charge in [-0.15, -0.1) is 0 Å². The quantitative estimate of drug-likeness (QED) is 0.338. The van der Waals surface area contributed by atoms with E-state index in [2.05, 4.69) is 22.6 Å². The molecule has 0 fully saturated rings. The lowest BCUT2D eigenvalue weighted by Crippen LogP contribution is -2.40. The third kappa shape index (κ3) is 4.13. The second kappa shape index (κ2) is 8.34. The molecule has 3 aromatic carbocycles. The second-order valence-electron chi connectivity index (χ2n) is 6.66. The first-order valence-corrected chi connectivity index (χ1v) is 10.7. The molecule has 0 aliphatic carbocycles. The van der Waals surface area contributed by atoms with Crippen LogP contribution in [0.3, 0.4) is 0 Å². The number of rotatable bonds is 4. The Morgan fingerprint density at radius 3 is 2.21 bits per heavy atom. The van der Waals surface area contributed by atoms with Gasteiger partial charge in [-0.05, 0) is 58.0 Å². The Labute approximate surface area is 190 Å². The third-order valence-electron chi connectivity index (χ3n) is 4.66. The molecule has 0 bridgehead atoms. The fourth-order valence-electron chi connectivity index (χ4n) is 3.33. The minimum Gasteiger partial charge on any atom is -0.289 e. The largest absolute Gasteiger partial charge is 0.332 e. The molecule has 0 radical (unpaired) electrons. The van der Waals surface area contributed by atoms with Crippen LogP contribution in [-0.4, -0.2) is 9.13 Å². The lowest BCUT2D eigenvalue weighted by atomic mass is 10.2. The van der Waals surface area contributed by atoms with Gasteiger partial charge in [0.1, 0.15) is 0 Å². The van der Waals surface area contributed by atoms with Crippen LogP contribution in [0.25, 0.3) is 10.9 Å². The van der Waals surface area contributed by atoms with E-state index in [9.17, 15) is 9.59 Å². The molecule has 0 spiro atoms. The summed E-state index contributed by atoms with van der Waals surface area (Å²) in [5, 5.41) is 0.895. The summed E-state index contributed by atoms with van der Waals surface area (Å²) in [4.78, 5) is 26.6. The Hall–Kier alpha value is -2.09. The Morgan fingerprint density at radius 2 is 1.48 bits per heavy atom. The molecule has 0 amide bonds. The van der Waals surface area contributed by atoms with Crippen LogP contribution < -0.4 is 11.2 Å².